The fourth-order valence-electron chi connectivity index (χ4n) is 2.35. The topological polar surface area (TPSA) is 0 Å². The standard InChI is InChI=1S/C16H18/c1-4-16-12(2)10-15(11-13(16)3)14-8-6-5-7-9-14/h5-11H,4H2,1-3H3. The summed E-state index contributed by atoms with van der Waals surface area (Å²) in [5.74, 6) is 0. The second-order valence-electron chi connectivity index (χ2n) is 4.31. The summed E-state index contributed by atoms with van der Waals surface area (Å²) in [5, 5.41) is 0. The summed E-state index contributed by atoms with van der Waals surface area (Å²) in [6.07, 6.45) is 1.12. The molecule has 0 radical (unpaired) electrons. The molecule has 0 aromatic heterocycles. The molecule has 0 heterocycles. The molecule has 16 heavy (non-hydrogen) atoms. The van der Waals surface area contributed by atoms with Gasteiger partial charge in [0.25, 0.3) is 0 Å². The highest BCUT2D eigenvalue weighted by Crippen LogP contribution is 2.25. The van der Waals surface area contributed by atoms with E-state index in [2.05, 4.69) is 63.2 Å². The Kier molecular flexibility index (Phi) is 3.09. The van der Waals surface area contributed by atoms with E-state index in [9.17, 15) is 0 Å². The van der Waals surface area contributed by atoms with E-state index in [1.165, 1.54) is 27.8 Å². The van der Waals surface area contributed by atoms with Gasteiger partial charge >= 0.3 is 0 Å². The monoisotopic (exact) mass is 210 g/mol. The second-order valence-corrected chi connectivity index (χ2v) is 4.31. The minimum atomic E-state index is 1.12. The molecule has 0 unspecified atom stereocenters. The lowest BCUT2D eigenvalue weighted by atomic mass is 9.94. The van der Waals surface area contributed by atoms with Gasteiger partial charge in [-0.15, -0.1) is 0 Å². The summed E-state index contributed by atoms with van der Waals surface area (Å²) >= 11 is 0. The zero-order chi connectivity index (χ0) is 11.5. The van der Waals surface area contributed by atoms with E-state index in [1.807, 2.05) is 0 Å². The largest absolute Gasteiger partial charge is 0.0622 e. The van der Waals surface area contributed by atoms with Gasteiger partial charge in [-0.05, 0) is 48.1 Å². The SMILES string of the molecule is CCc1c(C)cc(-c2ccccc2)cc1C. The summed E-state index contributed by atoms with van der Waals surface area (Å²) < 4.78 is 0. The number of aryl methyl sites for hydroxylation is 2. The molecule has 0 saturated heterocycles. The first kappa shape index (κ1) is 10.9. The van der Waals surface area contributed by atoms with Gasteiger partial charge in [-0.2, -0.15) is 0 Å². The van der Waals surface area contributed by atoms with Crippen molar-refractivity contribution in [3.05, 3.63) is 59.2 Å². The Morgan fingerprint density at radius 2 is 1.38 bits per heavy atom. The lowest BCUT2D eigenvalue weighted by Gasteiger charge is -2.11. The van der Waals surface area contributed by atoms with Crippen LogP contribution in [-0.2, 0) is 6.42 Å². The van der Waals surface area contributed by atoms with E-state index in [-0.39, 0.29) is 0 Å². The summed E-state index contributed by atoms with van der Waals surface area (Å²) in [7, 11) is 0. The van der Waals surface area contributed by atoms with Gasteiger partial charge in [-0.25, -0.2) is 0 Å². The second kappa shape index (κ2) is 4.52. The van der Waals surface area contributed by atoms with Gasteiger partial charge in [0.2, 0.25) is 0 Å². The zero-order valence-electron chi connectivity index (χ0n) is 10.2. The molecule has 0 atom stereocenters. The van der Waals surface area contributed by atoms with E-state index in [1.54, 1.807) is 0 Å². The van der Waals surface area contributed by atoms with Gasteiger partial charge in [0, 0.05) is 0 Å². The highest BCUT2D eigenvalue weighted by molar-refractivity contribution is 5.66. The van der Waals surface area contributed by atoms with Crippen molar-refractivity contribution in [3.8, 4) is 11.1 Å². The Balaban J connectivity index is 2.53. The quantitative estimate of drug-likeness (QED) is 0.683. The van der Waals surface area contributed by atoms with Crippen molar-refractivity contribution >= 4 is 0 Å². The molecule has 2 aromatic carbocycles. The van der Waals surface area contributed by atoms with Crippen LogP contribution >= 0.6 is 0 Å². The van der Waals surface area contributed by atoms with E-state index in [0.717, 1.165) is 6.42 Å². The molecule has 0 aliphatic heterocycles. The van der Waals surface area contributed by atoms with Crippen LogP contribution in [0.2, 0.25) is 0 Å². The van der Waals surface area contributed by atoms with Crippen LogP contribution in [0.4, 0.5) is 0 Å². The van der Waals surface area contributed by atoms with Gasteiger partial charge in [0.05, 0.1) is 0 Å². The fraction of sp³-hybridized carbons (Fsp3) is 0.250. The summed E-state index contributed by atoms with van der Waals surface area (Å²) in [4.78, 5) is 0. The number of hydrogen-bond donors (Lipinski definition) is 0. The number of benzene rings is 2. The lowest BCUT2D eigenvalue weighted by Crippen LogP contribution is -1.92. The molecule has 0 fully saturated rings. The first-order chi connectivity index (χ1) is 7.72. The smallest absolute Gasteiger partial charge is 0.0179 e. The summed E-state index contributed by atoms with van der Waals surface area (Å²) in [6, 6.07) is 15.2. The molecule has 0 nitrogen and oxygen atoms in total. The number of hydrogen-bond acceptors (Lipinski definition) is 0. The van der Waals surface area contributed by atoms with Crippen LogP contribution in [0.15, 0.2) is 42.5 Å². The van der Waals surface area contributed by atoms with Gasteiger partial charge in [-0.1, -0.05) is 49.4 Å². The van der Waals surface area contributed by atoms with Crippen molar-refractivity contribution in [3.63, 3.8) is 0 Å². The molecule has 82 valence electrons. The third-order valence-corrected chi connectivity index (χ3v) is 3.16. The molecular formula is C16H18. The van der Waals surface area contributed by atoms with E-state index < -0.39 is 0 Å². The minimum Gasteiger partial charge on any atom is -0.0622 e. The molecule has 0 aliphatic rings. The molecular weight excluding hydrogens is 192 g/mol. The molecule has 0 aliphatic carbocycles. The van der Waals surface area contributed by atoms with Crippen molar-refractivity contribution in [1.29, 1.82) is 0 Å². The van der Waals surface area contributed by atoms with Crippen LogP contribution in [0.3, 0.4) is 0 Å². The molecule has 2 rings (SSSR count). The number of rotatable bonds is 2. The average Bonchev–Trinajstić information content (AvgIpc) is 2.30. The van der Waals surface area contributed by atoms with Crippen LogP contribution in [-0.4, -0.2) is 0 Å². The molecule has 2 aromatic rings. The maximum absolute atomic E-state index is 2.29. The molecule has 0 spiro atoms. The van der Waals surface area contributed by atoms with Crippen molar-refractivity contribution in [2.75, 3.05) is 0 Å². The Labute approximate surface area is 97.9 Å². The van der Waals surface area contributed by atoms with E-state index >= 15 is 0 Å². The van der Waals surface area contributed by atoms with Gasteiger partial charge in [0.15, 0.2) is 0 Å². The highest BCUT2D eigenvalue weighted by Gasteiger charge is 2.04. The van der Waals surface area contributed by atoms with Crippen molar-refractivity contribution in [2.45, 2.75) is 27.2 Å². The van der Waals surface area contributed by atoms with Gasteiger partial charge in [-0.3, -0.25) is 0 Å². The first-order valence-electron chi connectivity index (χ1n) is 5.88. The van der Waals surface area contributed by atoms with E-state index in [0.29, 0.717) is 0 Å². The maximum atomic E-state index is 2.29. The third kappa shape index (κ3) is 2.01. The first-order valence-corrected chi connectivity index (χ1v) is 5.88. The normalized spacial score (nSPS) is 10.4. The molecule has 0 N–H and O–H groups in total. The van der Waals surface area contributed by atoms with Gasteiger partial charge < -0.3 is 0 Å². The third-order valence-electron chi connectivity index (χ3n) is 3.16. The summed E-state index contributed by atoms with van der Waals surface area (Å²) in [6.45, 7) is 6.63. The molecule has 0 bridgehead atoms. The predicted molar refractivity (Wildman–Crippen MR) is 70.7 cm³/mol. The minimum absolute atomic E-state index is 1.12. The Morgan fingerprint density at radius 1 is 0.812 bits per heavy atom. The Morgan fingerprint density at radius 3 is 1.88 bits per heavy atom. The maximum Gasteiger partial charge on any atom is -0.0179 e. The molecule has 0 heteroatoms. The Hall–Kier alpha value is -1.56. The fourth-order valence-corrected chi connectivity index (χ4v) is 2.35. The predicted octanol–water partition coefficient (Wildman–Crippen LogP) is 4.53. The van der Waals surface area contributed by atoms with Crippen LogP contribution in [0.1, 0.15) is 23.6 Å². The van der Waals surface area contributed by atoms with Crippen LogP contribution in [0.25, 0.3) is 11.1 Å². The van der Waals surface area contributed by atoms with Crippen LogP contribution < -0.4 is 0 Å². The van der Waals surface area contributed by atoms with E-state index in [4.69, 9.17) is 0 Å². The van der Waals surface area contributed by atoms with Crippen molar-refractivity contribution in [1.82, 2.24) is 0 Å². The van der Waals surface area contributed by atoms with Crippen LogP contribution in [0, 0.1) is 13.8 Å². The van der Waals surface area contributed by atoms with Crippen molar-refractivity contribution in [2.24, 2.45) is 0 Å². The molecule has 0 amide bonds. The molecule has 0 saturated carbocycles. The average molecular weight is 210 g/mol. The van der Waals surface area contributed by atoms with Gasteiger partial charge in [0.1, 0.15) is 0 Å². The van der Waals surface area contributed by atoms with Crippen molar-refractivity contribution < 1.29 is 0 Å². The van der Waals surface area contributed by atoms with Crippen LogP contribution in [0.5, 0.6) is 0 Å². The Bertz CT molecular complexity index is 458. The highest BCUT2D eigenvalue weighted by atomic mass is 14.1. The lowest BCUT2D eigenvalue weighted by molar-refractivity contribution is 1.08. The summed E-state index contributed by atoms with van der Waals surface area (Å²) in [5.41, 5.74) is 6.92. The zero-order valence-corrected chi connectivity index (χ0v) is 10.2.